The van der Waals surface area contributed by atoms with Gasteiger partial charge >= 0.3 is 0 Å². The molecular weight excluding hydrogens is 426 g/mol. The summed E-state index contributed by atoms with van der Waals surface area (Å²) in [4.78, 5) is 25.6. The largest absolute Gasteiger partial charge is 0.497 e. The van der Waals surface area contributed by atoms with Gasteiger partial charge in [0.15, 0.2) is 5.78 Å². The summed E-state index contributed by atoms with van der Waals surface area (Å²) in [6.07, 6.45) is 5.26. The highest BCUT2D eigenvalue weighted by Gasteiger charge is 2.15. The molecule has 2 heterocycles. The van der Waals surface area contributed by atoms with E-state index >= 15 is 0 Å². The number of ether oxygens (including phenoxy) is 1. The zero-order chi connectivity index (χ0) is 23.9. The van der Waals surface area contributed by atoms with E-state index in [4.69, 9.17) is 4.74 Å². The van der Waals surface area contributed by atoms with Crippen LogP contribution < -0.4 is 15.0 Å². The fourth-order valence-electron chi connectivity index (χ4n) is 4.17. The van der Waals surface area contributed by atoms with Crippen molar-refractivity contribution >= 4 is 23.1 Å². The number of benzene rings is 2. The minimum Gasteiger partial charge on any atom is -0.497 e. The highest BCUT2D eigenvalue weighted by Crippen LogP contribution is 2.22. The van der Waals surface area contributed by atoms with Crippen LogP contribution in [0.15, 0.2) is 54.9 Å². The maximum absolute atomic E-state index is 11.8. The number of anilines is 3. The summed E-state index contributed by atoms with van der Waals surface area (Å²) in [6.45, 7) is 9.28. The van der Waals surface area contributed by atoms with E-state index in [1.54, 1.807) is 20.1 Å². The molecule has 0 saturated carbocycles. The number of rotatable bonds is 9. The molecule has 0 spiro atoms. The third-order valence-electron chi connectivity index (χ3n) is 6.32. The van der Waals surface area contributed by atoms with Crippen LogP contribution in [0.1, 0.15) is 35.3 Å². The van der Waals surface area contributed by atoms with Crippen molar-refractivity contribution in [1.82, 2.24) is 14.9 Å². The first-order valence-corrected chi connectivity index (χ1v) is 11.9. The van der Waals surface area contributed by atoms with E-state index in [1.807, 2.05) is 24.5 Å². The van der Waals surface area contributed by atoms with Crippen molar-refractivity contribution in [1.29, 1.82) is 0 Å². The highest BCUT2D eigenvalue weighted by atomic mass is 16.5. The molecule has 0 atom stereocenters. The predicted octanol–water partition coefficient (Wildman–Crippen LogP) is 4.36. The average Bonchev–Trinajstić information content (AvgIpc) is 2.88. The number of likely N-dealkylation sites (N-methyl/N-ethyl adjacent to an activating group) is 1. The number of aromatic nitrogens is 2. The fraction of sp³-hybridized carbons (Fsp3) is 0.370. The Kier molecular flexibility index (Phi) is 7.75. The SMILES string of the molecule is CCN1CCN(c2ccc(Nc3ncc(CCc4cc(OC)cc(C(C)=O)c4)cn3)cc2)CC1. The average molecular weight is 460 g/mol. The Morgan fingerprint density at radius 2 is 1.65 bits per heavy atom. The zero-order valence-electron chi connectivity index (χ0n) is 20.3. The zero-order valence-corrected chi connectivity index (χ0v) is 20.3. The standard InChI is InChI=1S/C27H33N5O2/c1-4-31-11-13-32(14-12-31)25-9-7-24(8-10-25)30-27-28-18-22(19-29-27)6-5-21-15-23(20(2)33)17-26(16-21)34-3/h7-10,15-19H,4-6,11-14H2,1-3H3,(H,28,29,30). The van der Waals surface area contributed by atoms with Gasteiger partial charge < -0.3 is 19.9 Å². The van der Waals surface area contributed by atoms with E-state index in [-0.39, 0.29) is 5.78 Å². The second kappa shape index (κ2) is 11.1. The van der Waals surface area contributed by atoms with Gasteiger partial charge in [-0.2, -0.15) is 0 Å². The van der Waals surface area contributed by atoms with Crippen molar-refractivity contribution in [3.63, 3.8) is 0 Å². The van der Waals surface area contributed by atoms with Gasteiger partial charge in [-0.3, -0.25) is 4.79 Å². The monoisotopic (exact) mass is 459 g/mol. The van der Waals surface area contributed by atoms with E-state index < -0.39 is 0 Å². The van der Waals surface area contributed by atoms with Crippen LogP contribution in [0.4, 0.5) is 17.3 Å². The molecule has 1 saturated heterocycles. The number of Topliss-reactive ketones (excluding diaryl/α,β-unsaturated/α-hetero) is 1. The van der Waals surface area contributed by atoms with Crippen LogP contribution in [0.5, 0.6) is 5.75 Å². The lowest BCUT2D eigenvalue weighted by Crippen LogP contribution is -2.46. The Bertz CT molecular complexity index is 1090. The molecule has 1 aliphatic rings. The van der Waals surface area contributed by atoms with Crippen LogP contribution in [0.3, 0.4) is 0 Å². The molecule has 0 unspecified atom stereocenters. The number of nitrogens with zero attached hydrogens (tertiary/aromatic N) is 4. The molecule has 3 aromatic rings. The molecule has 1 fully saturated rings. The molecular formula is C27H33N5O2. The third-order valence-corrected chi connectivity index (χ3v) is 6.32. The van der Waals surface area contributed by atoms with E-state index in [9.17, 15) is 4.79 Å². The Labute approximate surface area is 201 Å². The van der Waals surface area contributed by atoms with Crippen molar-refractivity contribution in [3.8, 4) is 5.75 Å². The number of hydrogen-bond donors (Lipinski definition) is 1. The summed E-state index contributed by atoms with van der Waals surface area (Å²) < 4.78 is 5.33. The minimum absolute atomic E-state index is 0.0333. The van der Waals surface area contributed by atoms with E-state index in [0.29, 0.717) is 17.3 Å². The van der Waals surface area contributed by atoms with Gasteiger partial charge in [0.2, 0.25) is 5.95 Å². The van der Waals surface area contributed by atoms with E-state index in [1.165, 1.54) is 5.69 Å². The first-order valence-electron chi connectivity index (χ1n) is 11.9. The summed E-state index contributed by atoms with van der Waals surface area (Å²) in [7, 11) is 1.61. The molecule has 34 heavy (non-hydrogen) atoms. The molecule has 1 N–H and O–H groups in total. The van der Waals surface area contributed by atoms with Crippen LogP contribution >= 0.6 is 0 Å². The van der Waals surface area contributed by atoms with Crippen LogP contribution in [-0.2, 0) is 12.8 Å². The summed E-state index contributed by atoms with van der Waals surface area (Å²) in [5.74, 6) is 1.31. The number of aryl methyl sites for hydroxylation is 2. The number of carbonyl (C=O) groups excluding carboxylic acids is 1. The maximum atomic E-state index is 11.8. The molecule has 0 bridgehead atoms. The molecule has 7 nitrogen and oxygen atoms in total. The molecule has 1 aliphatic heterocycles. The second-order valence-corrected chi connectivity index (χ2v) is 8.63. The Morgan fingerprint density at radius 1 is 0.971 bits per heavy atom. The van der Waals surface area contributed by atoms with Crippen LogP contribution in [0.2, 0.25) is 0 Å². The van der Waals surface area contributed by atoms with Crippen molar-refractivity contribution < 1.29 is 9.53 Å². The van der Waals surface area contributed by atoms with Crippen molar-refractivity contribution in [2.45, 2.75) is 26.7 Å². The van der Waals surface area contributed by atoms with Gasteiger partial charge in [-0.05, 0) is 79.9 Å². The molecule has 1 aromatic heterocycles. The quantitative estimate of drug-likeness (QED) is 0.477. The highest BCUT2D eigenvalue weighted by molar-refractivity contribution is 5.94. The summed E-state index contributed by atoms with van der Waals surface area (Å²) in [5.41, 5.74) is 4.99. The lowest BCUT2D eigenvalue weighted by Gasteiger charge is -2.35. The summed E-state index contributed by atoms with van der Waals surface area (Å²) in [6, 6.07) is 14.1. The lowest BCUT2D eigenvalue weighted by atomic mass is 10.0. The molecule has 7 heteroatoms. The lowest BCUT2D eigenvalue weighted by molar-refractivity contribution is 0.101. The summed E-state index contributed by atoms with van der Waals surface area (Å²) >= 11 is 0. The Morgan fingerprint density at radius 3 is 2.26 bits per heavy atom. The number of piperazine rings is 1. The number of ketones is 1. The Balaban J connectivity index is 1.32. The number of hydrogen-bond acceptors (Lipinski definition) is 7. The Hall–Kier alpha value is -3.45. The summed E-state index contributed by atoms with van der Waals surface area (Å²) in [5, 5.41) is 3.28. The first-order chi connectivity index (χ1) is 16.5. The first kappa shape index (κ1) is 23.7. The van der Waals surface area contributed by atoms with E-state index in [2.05, 4.69) is 56.3 Å². The number of nitrogens with one attached hydrogen (secondary N) is 1. The minimum atomic E-state index is 0.0333. The van der Waals surface area contributed by atoms with Gasteiger partial charge in [0.25, 0.3) is 0 Å². The van der Waals surface area contributed by atoms with Crippen molar-refractivity contribution in [2.24, 2.45) is 0 Å². The predicted molar refractivity (Wildman–Crippen MR) is 136 cm³/mol. The fourth-order valence-corrected chi connectivity index (χ4v) is 4.17. The molecule has 2 aromatic carbocycles. The molecule has 0 amide bonds. The van der Waals surface area contributed by atoms with Crippen molar-refractivity contribution in [2.75, 3.05) is 50.1 Å². The van der Waals surface area contributed by atoms with Crippen molar-refractivity contribution in [3.05, 3.63) is 71.5 Å². The molecule has 0 aliphatic carbocycles. The topological polar surface area (TPSA) is 70.6 Å². The smallest absolute Gasteiger partial charge is 0.227 e. The molecule has 178 valence electrons. The maximum Gasteiger partial charge on any atom is 0.227 e. The van der Waals surface area contributed by atoms with Gasteiger partial charge in [-0.1, -0.05) is 6.92 Å². The third kappa shape index (κ3) is 6.11. The second-order valence-electron chi connectivity index (χ2n) is 8.63. The van der Waals surface area contributed by atoms with Gasteiger partial charge in [0.05, 0.1) is 7.11 Å². The van der Waals surface area contributed by atoms with Gasteiger partial charge in [-0.15, -0.1) is 0 Å². The van der Waals surface area contributed by atoms with Gasteiger partial charge in [0.1, 0.15) is 5.75 Å². The van der Waals surface area contributed by atoms with Crippen LogP contribution in [0, 0.1) is 0 Å². The molecule has 4 rings (SSSR count). The van der Waals surface area contributed by atoms with Gasteiger partial charge in [-0.25, -0.2) is 9.97 Å². The van der Waals surface area contributed by atoms with Crippen LogP contribution in [0.25, 0.3) is 0 Å². The van der Waals surface area contributed by atoms with E-state index in [0.717, 1.165) is 62.4 Å². The number of methoxy groups -OCH3 is 1. The number of carbonyl (C=O) groups is 1. The molecule has 0 radical (unpaired) electrons. The van der Waals surface area contributed by atoms with Crippen LogP contribution in [-0.4, -0.2) is 60.5 Å². The normalized spacial score (nSPS) is 14.1. The van der Waals surface area contributed by atoms with Gasteiger partial charge in [0, 0.05) is 55.5 Å².